The summed E-state index contributed by atoms with van der Waals surface area (Å²) in [5, 5.41) is 8.31. The fraction of sp³-hybridized carbons (Fsp3) is 0.160. The van der Waals surface area contributed by atoms with Gasteiger partial charge in [0.05, 0.1) is 5.56 Å². The third-order valence-corrected chi connectivity index (χ3v) is 4.90. The van der Waals surface area contributed by atoms with Crippen molar-refractivity contribution in [1.29, 1.82) is 0 Å². The molecule has 3 aromatic rings. The first-order valence-electron chi connectivity index (χ1n) is 10.4. The van der Waals surface area contributed by atoms with E-state index in [1.54, 1.807) is 60.7 Å². The van der Waals surface area contributed by atoms with Crippen molar-refractivity contribution in [2.45, 2.75) is 25.0 Å². The van der Waals surface area contributed by atoms with Gasteiger partial charge in [0.2, 0.25) is 6.10 Å². The predicted octanol–water partition coefficient (Wildman–Crippen LogP) is 4.51. The molecule has 7 nitrogen and oxygen atoms in total. The minimum atomic E-state index is -1.03. The zero-order chi connectivity index (χ0) is 22.3. The number of hydrogen-bond acceptors (Lipinski definition) is 4. The number of nitrogens with one attached hydrogen (secondary N) is 3. The van der Waals surface area contributed by atoms with Crippen LogP contribution in [0, 0.1) is 0 Å². The van der Waals surface area contributed by atoms with Gasteiger partial charge < -0.3 is 20.7 Å². The number of ether oxygens (including phenoxy) is 1. The first-order chi connectivity index (χ1) is 15.6. The van der Waals surface area contributed by atoms with Gasteiger partial charge in [-0.3, -0.25) is 4.79 Å². The lowest BCUT2D eigenvalue weighted by atomic mass is 10.1. The summed E-state index contributed by atoms with van der Waals surface area (Å²) in [6.45, 7) is 0. The van der Waals surface area contributed by atoms with Crippen LogP contribution in [0.5, 0.6) is 0 Å². The van der Waals surface area contributed by atoms with Crippen molar-refractivity contribution >= 4 is 29.3 Å². The second-order valence-electron chi connectivity index (χ2n) is 7.50. The number of amides is 3. The summed E-state index contributed by atoms with van der Waals surface area (Å²) >= 11 is 0. The standard InChI is InChI=1S/C25H23N3O4/c29-23(26-20-15-16-20)22(17-7-3-1-4-8-17)32-24(30)18-11-13-21(14-12-18)28-25(31)27-19-9-5-2-6-10-19/h1-14,20,22H,15-16H2,(H,26,29)(H2,27,28,31)/t22-/m0/s1. The number of esters is 1. The van der Waals surface area contributed by atoms with Crippen molar-refractivity contribution in [1.82, 2.24) is 5.32 Å². The van der Waals surface area contributed by atoms with Crippen LogP contribution in [0.4, 0.5) is 16.2 Å². The van der Waals surface area contributed by atoms with E-state index in [1.807, 2.05) is 24.3 Å². The van der Waals surface area contributed by atoms with Gasteiger partial charge in [-0.05, 0) is 49.2 Å². The van der Waals surface area contributed by atoms with E-state index in [0.29, 0.717) is 16.9 Å². The Morgan fingerprint density at radius 2 is 1.31 bits per heavy atom. The summed E-state index contributed by atoms with van der Waals surface area (Å²) in [4.78, 5) is 37.5. The summed E-state index contributed by atoms with van der Waals surface area (Å²) in [5.41, 5.74) is 2.07. The zero-order valence-electron chi connectivity index (χ0n) is 17.3. The number of anilines is 2. The number of para-hydroxylation sites is 1. The van der Waals surface area contributed by atoms with Crippen LogP contribution in [0.2, 0.25) is 0 Å². The van der Waals surface area contributed by atoms with Crippen molar-refractivity contribution in [2.24, 2.45) is 0 Å². The third-order valence-electron chi connectivity index (χ3n) is 4.90. The number of carbonyl (C=O) groups is 3. The monoisotopic (exact) mass is 429 g/mol. The maximum absolute atomic E-state index is 12.7. The Labute approximate surface area is 185 Å². The highest BCUT2D eigenvalue weighted by atomic mass is 16.5. The first kappa shape index (κ1) is 21.1. The number of urea groups is 1. The van der Waals surface area contributed by atoms with Gasteiger partial charge in [0.25, 0.3) is 5.91 Å². The van der Waals surface area contributed by atoms with Crippen LogP contribution >= 0.6 is 0 Å². The van der Waals surface area contributed by atoms with Gasteiger partial charge in [-0.2, -0.15) is 0 Å². The number of rotatable bonds is 7. The lowest BCUT2D eigenvalue weighted by Gasteiger charge is -2.18. The van der Waals surface area contributed by atoms with Gasteiger partial charge in [0.15, 0.2) is 0 Å². The predicted molar refractivity (Wildman–Crippen MR) is 121 cm³/mol. The fourth-order valence-corrected chi connectivity index (χ4v) is 3.08. The highest BCUT2D eigenvalue weighted by Crippen LogP contribution is 2.24. The minimum absolute atomic E-state index is 0.153. The molecule has 0 aliphatic heterocycles. The fourth-order valence-electron chi connectivity index (χ4n) is 3.08. The average Bonchev–Trinajstić information content (AvgIpc) is 3.63. The summed E-state index contributed by atoms with van der Waals surface area (Å²) in [6, 6.07) is 24.0. The Morgan fingerprint density at radius 1 is 0.750 bits per heavy atom. The molecule has 1 saturated carbocycles. The molecule has 1 atom stereocenters. The lowest BCUT2D eigenvalue weighted by molar-refractivity contribution is -0.130. The maximum atomic E-state index is 12.7. The molecule has 3 amide bonds. The summed E-state index contributed by atoms with van der Waals surface area (Å²) in [7, 11) is 0. The molecule has 0 radical (unpaired) electrons. The van der Waals surface area contributed by atoms with Gasteiger partial charge in [-0.15, -0.1) is 0 Å². The lowest BCUT2D eigenvalue weighted by Crippen LogP contribution is -2.33. The van der Waals surface area contributed by atoms with Crippen molar-refractivity contribution in [2.75, 3.05) is 10.6 Å². The molecule has 1 fully saturated rings. The molecular weight excluding hydrogens is 406 g/mol. The second kappa shape index (κ2) is 9.78. The molecule has 1 aliphatic rings. The molecule has 7 heteroatoms. The molecule has 0 aromatic heterocycles. The van der Waals surface area contributed by atoms with Gasteiger partial charge >= 0.3 is 12.0 Å². The molecule has 1 aliphatic carbocycles. The van der Waals surface area contributed by atoms with Crippen LogP contribution < -0.4 is 16.0 Å². The SMILES string of the molecule is O=C(Nc1ccccc1)Nc1ccc(C(=O)O[C@H](C(=O)NC2CC2)c2ccccc2)cc1. The van der Waals surface area contributed by atoms with E-state index in [9.17, 15) is 14.4 Å². The normalized spacial score (nSPS) is 13.5. The van der Waals surface area contributed by atoms with Crippen molar-refractivity contribution in [3.05, 3.63) is 96.1 Å². The molecule has 0 saturated heterocycles. The van der Waals surface area contributed by atoms with Crippen LogP contribution in [0.25, 0.3) is 0 Å². The number of hydrogen-bond donors (Lipinski definition) is 3. The van der Waals surface area contributed by atoms with Crippen LogP contribution in [0.1, 0.15) is 34.9 Å². The maximum Gasteiger partial charge on any atom is 0.339 e. The highest BCUT2D eigenvalue weighted by molar-refractivity contribution is 6.00. The van der Waals surface area contributed by atoms with Crippen molar-refractivity contribution < 1.29 is 19.1 Å². The van der Waals surface area contributed by atoms with Crippen LogP contribution in [0.3, 0.4) is 0 Å². The molecule has 0 spiro atoms. The number of carbonyl (C=O) groups excluding carboxylic acids is 3. The van der Waals surface area contributed by atoms with Crippen molar-refractivity contribution in [3.63, 3.8) is 0 Å². The summed E-state index contributed by atoms with van der Waals surface area (Å²) in [6.07, 6.45) is 0.847. The molecule has 162 valence electrons. The van der Waals surface area contributed by atoms with Crippen LogP contribution in [0.15, 0.2) is 84.9 Å². The molecule has 0 heterocycles. The molecule has 0 bridgehead atoms. The van der Waals surface area contributed by atoms with Gasteiger partial charge in [0.1, 0.15) is 0 Å². The Bertz CT molecular complexity index is 1080. The van der Waals surface area contributed by atoms with E-state index in [2.05, 4.69) is 16.0 Å². The van der Waals surface area contributed by atoms with Gasteiger partial charge in [-0.25, -0.2) is 9.59 Å². The van der Waals surface area contributed by atoms with E-state index >= 15 is 0 Å². The smallest absolute Gasteiger partial charge is 0.339 e. The second-order valence-corrected chi connectivity index (χ2v) is 7.50. The first-order valence-corrected chi connectivity index (χ1v) is 10.4. The topological polar surface area (TPSA) is 96.5 Å². The molecule has 3 N–H and O–H groups in total. The third kappa shape index (κ3) is 5.72. The van der Waals surface area contributed by atoms with Crippen LogP contribution in [-0.2, 0) is 9.53 Å². The van der Waals surface area contributed by atoms with Crippen LogP contribution in [-0.4, -0.2) is 23.9 Å². The molecule has 32 heavy (non-hydrogen) atoms. The number of benzene rings is 3. The van der Waals surface area contributed by atoms with Gasteiger partial charge in [-0.1, -0.05) is 48.5 Å². The average molecular weight is 429 g/mol. The molecule has 3 aromatic carbocycles. The van der Waals surface area contributed by atoms with E-state index in [1.165, 1.54) is 0 Å². The molecule has 4 rings (SSSR count). The molecule has 0 unspecified atom stereocenters. The summed E-state index contributed by atoms with van der Waals surface area (Å²) < 4.78 is 5.56. The zero-order valence-corrected chi connectivity index (χ0v) is 17.3. The van der Waals surface area contributed by atoms with E-state index in [4.69, 9.17) is 4.74 Å². The van der Waals surface area contributed by atoms with E-state index < -0.39 is 18.1 Å². The highest BCUT2D eigenvalue weighted by Gasteiger charge is 2.31. The van der Waals surface area contributed by atoms with E-state index in [0.717, 1.165) is 12.8 Å². The Balaban J connectivity index is 1.39. The summed E-state index contributed by atoms with van der Waals surface area (Å²) in [5.74, 6) is -0.951. The Morgan fingerprint density at radius 3 is 1.91 bits per heavy atom. The van der Waals surface area contributed by atoms with E-state index in [-0.39, 0.29) is 17.5 Å². The Kier molecular flexibility index (Phi) is 6.46. The Hall–Kier alpha value is -4.13. The molecular formula is C25H23N3O4. The largest absolute Gasteiger partial charge is 0.444 e. The van der Waals surface area contributed by atoms with Gasteiger partial charge in [0, 0.05) is 23.0 Å². The quantitative estimate of drug-likeness (QED) is 0.482. The minimum Gasteiger partial charge on any atom is -0.444 e. The van der Waals surface area contributed by atoms with Crippen molar-refractivity contribution in [3.8, 4) is 0 Å².